The van der Waals surface area contributed by atoms with Crippen LogP contribution in [0.4, 0.5) is 26.3 Å². The van der Waals surface area contributed by atoms with Crippen LogP contribution < -0.4 is 5.73 Å². The molecular formula is C36H34ClF6N9O3. The largest absolute Gasteiger partial charge is 0.463 e. The van der Waals surface area contributed by atoms with Gasteiger partial charge in [0, 0.05) is 23.6 Å². The van der Waals surface area contributed by atoms with E-state index in [1.165, 1.54) is 24.4 Å². The summed E-state index contributed by atoms with van der Waals surface area (Å²) < 4.78 is 89.7. The van der Waals surface area contributed by atoms with Gasteiger partial charge in [0.15, 0.2) is 17.3 Å². The lowest BCUT2D eigenvalue weighted by Gasteiger charge is -2.33. The predicted octanol–water partition coefficient (Wildman–Crippen LogP) is 7.52. The lowest BCUT2D eigenvalue weighted by Crippen LogP contribution is -2.47. The van der Waals surface area contributed by atoms with Crippen LogP contribution in [0.25, 0.3) is 16.8 Å². The van der Waals surface area contributed by atoms with Crippen LogP contribution in [0.5, 0.6) is 0 Å². The zero-order chi connectivity index (χ0) is 39.9. The number of guanidine groups is 1. The smallest absolute Gasteiger partial charge is 0.333 e. The number of hydrogen-bond acceptors (Lipinski definition) is 9. The molecule has 0 saturated heterocycles. The maximum Gasteiger partial charge on any atom is 0.333 e. The van der Waals surface area contributed by atoms with E-state index in [4.69, 9.17) is 22.1 Å². The maximum absolute atomic E-state index is 14.9. The number of rotatable bonds is 15. The highest BCUT2D eigenvalue weighted by Gasteiger charge is 2.60. The van der Waals surface area contributed by atoms with E-state index in [1.807, 2.05) is 0 Å². The van der Waals surface area contributed by atoms with Crippen LogP contribution in [0, 0.1) is 22.7 Å². The van der Waals surface area contributed by atoms with Crippen molar-refractivity contribution in [1.82, 2.24) is 29.4 Å². The Hall–Kier alpha value is -5.44. The van der Waals surface area contributed by atoms with Crippen molar-refractivity contribution in [2.24, 2.45) is 22.1 Å². The molecule has 1 aliphatic heterocycles. The monoisotopic (exact) mass is 789 g/mol. The van der Waals surface area contributed by atoms with Gasteiger partial charge in [0.1, 0.15) is 12.9 Å². The minimum atomic E-state index is -3.16. The summed E-state index contributed by atoms with van der Waals surface area (Å²) in [5.74, 6) is -6.31. The fraction of sp³-hybridized carbons (Fsp3) is 0.417. The number of amides is 1. The van der Waals surface area contributed by atoms with Crippen molar-refractivity contribution in [3.05, 3.63) is 83.2 Å². The molecule has 290 valence electrons. The molecular weight excluding hydrogens is 756 g/mol. The number of aliphatic imine (C=N–C) groups is 1. The molecule has 0 spiro atoms. The molecule has 2 aromatic heterocycles. The average Bonchev–Trinajstić information content (AvgIpc) is 3.44. The molecule has 2 aliphatic rings. The Morgan fingerprint density at radius 3 is 2.42 bits per heavy atom. The number of nitrogens with two attached hydrogens (primary N) is 1. The molecule has 2 aromatic carbocycles. The number of hydrogen-bond donors (Lipinski definition) is 1. The van der Waals surface area contributed by atoms with E-state index in [1.54, 1.807) is 31.2 Å². The van der Waals surface area contributed by atoms with Crippen LogP contribution in [-0.2, 0) is 19.9 Å². The van der Waals surface area contributed by atoms with E-state index in [0.717, 1.165) is 29.0 Å². The van der Waals surface area contributed by atoms with Gasteiger partial charge in [-0.05, 0) is 60.9 Å². The summed E-state index contributed by atoms with van der Waals surface area (Å²) in [5, 5.41) is 17.0. The van der Waals surface area contributed by atoms with E-state index in [-0.39, 0.29) is 47.9 Å². The summed E-state index contributed by atoms with van der Waals surface area (Å²) in [6, 6.07) is 11.2. The highest BCUT2D eigenvalue weighted by atomic mass is 35.5. The van der Waals surface area contributed by atoms with E-state index >= 15 is 0 Å². The van der Waals surface area contributed by atoms with Crippen LogP contribution in [0.1, 0.15) is 81.9 Å². The van der Waals surface area contributed by atoms with Gasteiger partial charge in [-0.1, -0.05) is 48.9 Å². The van der Waals surface area contributed by atoms with Gasteiger partial charge in [0.2, 0.25) is 0 Å². The second-order valence-corrected chi connectivity index (χ2v) is 14.2. The number of esters is 1. The molecule has 0 bridgehead atoms. The summed E-state index contributed by atoms with van der Waals surface area (Å²) >= 11 is 6.43. The van der Waals surface area contributed by atoms with Gasteiger partial charge in [-0.25, -0.2) is 36.9 Å². The van der Waals surface area contributed by atoms with Crippen molar-refractivity contribution in [1.29, 1.82) is 5.26 Å². The number of aromatic nitrogens is 5. The Morgan fingerprint density at radius 1 is 1.11 bits per heavy atom. The molecule has 1 saturated carbocycles. The van der Waals surface area contributed by atoms with Crippen molar-refractivity contribution < 1.29 is 40.7 Å². The number of nitriles is 1. The quantitative estimate of drug-likeness (QED) is 0.0958. The third-order valence-electron chi connectivity index (χ3n) is 10.0. The van der Waals surface area contributed by atoms with Crippen molar-refractivity contribution >= 4 is 29.4 Å². The third-order valence-corrected chi connectivity index (χ3v) is 10.4. The molecule has 19 heteroatoms. The summed E-state index contributed by atoms with van der Waals surface area (Å²) in [7, 11) is 0. The molecule has 3 atom stereocenters. The fourth-order valence-corrected chi connectivity index (χ4v) is 7.03. The topological polar surface area (TPSA) is 157 Å². The minimum Gasteiger partial charge on any atom is -0.463 e. The molecule has 12 nitrogen and oxygen atoms in total. The number of ether oxygens (including phenoxy) is 1. The van der Waals surface area contributed by atoms with Crippen LogP contribution >= 0.6 is 11.6 Å². The van der Waals surface area contributed by atoms with Crippen LogP contribution in [0.2, 0.25) is 5.02 Å². The van der Waals surface area contributed by atoms with Gasteiger partial charge in [-0.3, -0.25) is 14.5 Å². The Morgan fingerprint density at radius 2 is 1.82 bits per heavy atom. The zero-order valence-electron chi connectivity index (χ0n) is 29.4. The number of benzene rings is 2. The first-order valence-corrected chi connectivity index (χ1v) is 17.4. The molecule has 3 heterocycles. The number of nitrogens with zero attached hydrogens (tertiary/aromatic N) is 8. The Bertz CT molecular complexity index is 2140. The molecule has 2 N–H and O–H groups in total. The number of carbonyl (C=O) groups excluding carboxylic acids is 2. The van der Waals surface area contributed by atoms with E-state index in [0.29, 0.717) is 21.4 Å². The molecule has 55 heavy (non-hydrogen) atoms. The van der Waals surface area contributed by atoms with Crippen molar-refractivity contribution in [2.75, 3.05) is 6.61 Å². The third kappa shape index (κ3) is 7.62. The standard InChI is InChI=1S/C36H34ClF6N9O3/c1-20(9-12-44)14-36(24-6-3-21(4-7-24)23-16-47-50(17-23)32(40)41)31(54)51(33(45)49-36)27(18-55-28(53)15-35(10-11-35)34(2,42)43)22-5-8-25(37)26(13-22)52-30(29(38)39)46-19-48-52/h3-8,13,16-17,19-20,27,29,32H,9-11,14-15,18H2,1-2H3,(H2,45,49)/t20-,27+,36+/m0/s1. The zero-order valence-corrected chi connectivity index (χ0v) is 30.1. The normalized spacial score (nSPS) is 19.1. The molecule has 0 unspecified atom stereocenters. The second-order valence-electron chi connectivity index (χ2n) is 13.8. The SMILES string of the molecule is C[C@@H](CC#N)C[C@]1(c2ccc(-c3cnn(C(F)F)c3)cc2)N=C(N)N([C@H](COC(=O)CC2(C(C)(F)F)CC2)c2ccc(Cl)c(-n3ncnc3C(F)F)c2)C1=O. The van der Waals surface area contributed by atoms with E-state index < -0.39 is 72.5 Å². The highest BCUT2D eigenvalue weighted by Crippen LogP contribution is 2.59. The molecule has 6 rings (SSSR count). The number of carbonyl (C=O) groups is 2. The summed E-state index contributed by atoms with van der Waals surface area (Å²) in [5.41, 5.74) is 4.53. The fourth-order valence-electron chi connectivity index (χ4n) is 6.83. The van der Waals surface area contributed by atoms with Crippen LogP contribution in [0.15, 0.2) is 66.2 Å². The maximum atomic E-state index is 14.9. The molecule has 1 amide bonds. The van der Waals surface area contributed by atoms with Crippen LogP contribution in [0.3, 0.4) is 0 Å². The molecule has 4 aromatic rings. The van der Waals surface area contributed by atoms with Gasteiger partial charge >= 0.3 is 12.5 Å². The Kier molecular flexibility index (Phi) is 10.7. The highest BCUT2D eigenvalue weighted by molar-refractivity contribution is 6.32. The second kappa shape index (κ2) is 15.0. The van der Waals surface area contributed by atoms with Crippen molar-refractivity contribution in [3.8, 4) is 22.9 Å². The Labute approximate surface area is 315 Å². The first-order chi connectivity index (χ1) is 26.0. The van der Waals surface area contributed by atoms with Crippen LogP contribution in [-0.4, -0.2) is 59.8 Å². The average molecular weight is 790 g/mol. The lowest BCUT2D eigenvalue weighted by atomic mass is 9.80. The summed E-state index contributed by atoms with van der Waals surface area (Å²) in [6.45, 7) is -1.01. The summed E-state index contributed by atoms with van der Waals surface area (Å²) in [6.07, 6.45) is -0.0888. The predicted molar refractivity (Wildman–Crippen MR) is 185 cm³/mol. The number of halogens is 7. The van der Waals surface area contributed by atoms with Gasteiger partial charge in [-0.2, -0.15) is 24.2 Å². The lowest BCUT2D eigenvalue weighted by molar-refractivity contribution is -0.153. The first kappa shape index (κ1) is 39.3. The minimum absolute atomic E-state index is 0.0254. The number of alkyl halides is 6. The van der Waals surface area contributed by atoms with Crippen molar-refractivity contribution in [3.63, 3.8) is 0 Å². The molecule has 1 fully saturated rings. The summed E-state index contributed by atoms with van der Waals surface area (Å²) in [4.78, 5) is 37.4. The van der Waals surface area contributed by atoms with Gasteiger partial charge in [0.05, 0.1) is 35.4 Å². The van der Waals surface area contributed by atoms with Crippen molar-refractivity contribution in [2.45, 2.75) is 76.4 Å². The first-order valence-electron chi connectivity index (χ1n) is 17.0. The molecule has 1 aliphatic carbocycles. The molecule has 0 radical (unpaired) electrons. The Balaban J connectivity index is 1.40. The van der Waals surface area contributed by atoms with Gasteiger partial charge in [-0.15, -0.1) is 0 Å². The van der Waals surface area contributed by atoms with Gasteiger partial charge in [0.25, 0.3) is 18.3 Å². The van der Waals surface area contributed by atoms with E-state index in [2.05, 4.69) is 26.2 Å². The van der Waals surface area contributed by atoms with Gasteiger partial charge < -0.3 is 10.5 Å². The van der Waals surface area contributed by atoms with E-state index in [9.17, 15) is 41.2 Å².